The van der Waals surface area contributed by atoms with Gasteiger partial charge >= 0.3 is 0 Å². The van der Waals surface area contributed by atoms with Gasteiger partial charge in [-0.1, -0.05) is 11.6 Å². The minimum atomic E-state index is 0.192. The van der Waals surface area contributed by atoms with Gasteiger partial charge in [0, 0.05) is 6.20 Å². The van der Waals surface area contributed by atoms with Gasteiger partial charge in [-0.05, 0) is 12.1 Å². The lowest BCUT2D eigenvalue weighted by atomic mass is 10.3. The first kappa shape index (κ1) is 14.9. The number of hydrazine groups is 1. The number of nitroso groups, excluding NO2 is 1. The molecule has 2 aromatic heterocycles. The molecule has 21 heavy (non-hydrogen) atoms. The number of pyridine rings is 2. The van der Waals surface area contributed by atoms with Crippen LogP contribution in [0.3, 0.4) is 0 Å². The zero-order chi connectivity index (χ0) is 15.4. The minimum Gasteiger partial charge on any atom is -0.396 e. The molecule has 110 valence electrons. The lowest BCUT2D eigenvalue weighted by Gasteiger charge is -2.21. The molecular weight excluding hydrogens is 298 g/mol. The normalized spacial score (nSPS) is 10.2. The summed E-state index contributed by atoms with van der Waals surface area (Å²) in [7, 11) is 1.29. The average Bonchev–Trinajstić information content (AvgIpc) is 2.48. The number of hydrogen-bond donors (Lipinski definition) is 2. The van der Waals surface area contributed by atoms with Gasteiger partial charge in [0.15, 0.2) is 5.82 Å². The maximum atomic E-state index is 10.6. The first-order chi connectivity index (χ1) is 10.1. The van der Waals surface area contributed by atoms with Crippen LogP contribution in [0.2, 0.25) is 5.02 Å². The van der Waals surface area contributed by atoms with E-state index < -0.39 is 0 Å². The highest BCUT2D eigenvalue weighted by atomic mass is 35.5. The summed E-state index contributed by atoms with van der Waals surface area (Å²) in [5, 5.41) is 4.79. The van der Waals surface area contributed by atoms with Crippen molar-refractivity contribution in [2.75, 3.05) is 23.0 Å². The molecule has 2 rings (SSSR count). The van der Waals surface area contributed by atoms with Crippen molar-refractivity contribution >= 4 is 34.5 Å². The Kier molecular flexibility index (Phi) is 4.48. The van der Waals surface area contributed by atoms with E-state index in [4.69, 9.17) is 28.0 Å². The van der Waals surface area contributed by atoms with Crippen LogP contribution < -0.4 is 21.8 Å². The fraction of sp³-hybridized carbons (Fsp3) is 0.0909. The minimum absolute atomic E-state index is 0.192. The molecule has 0 atom stereocenters. The SMILES string of the molecule is CON(N=O)c1cnc(N(N)c2ccncc2N)c(Cl)c1. The van der Waals surface area contributed by atoms with Crippen LogP contribution in [0, 0.1) is 4.91 Å². The van der Waals surface area contributed by atoms with Crippen LogP contribution in [0.4, 0.5) is 22.9 Å². The second kappa shape index (κ2) is 6.31. The molecule has 10 heteroatoms. The summed E-state index contributed by atoms with van der Waals surface area (Å²) in [6.45, 7) is 0. The third-order valence-electron chi connectivity index (χ3n) is 2.59. The van der Waals surface area contributed by atoms with Gasteiger partial charge in [-0.25, -0.2) is 10.8 Å². The van der Waals surface area contributed by atoms with Crippen molar-refractivity contribution in [3.8, 4) is 0 Å². The molecule has 0 saturated heterocycles. The van der Waals surface area contributed by atoms with E-state index in [1.54, 1.807) is 6.07 Å². The molecule has 0 saturated carbocycles. The number of halogens is 1. The molecule has 9 nitrogen and oxygen atoms in total. The van der Waals surface area contributed by atoms with Crippen LogP contribution in [-0.2, 0) is 4.84 Å². The summed E-state index contributed by atoms with van der Waals surface area (Å²) in [4.78, 5) is 23.2. The summed E-state index contributed by atoms with van der Waals surface area (Å²) in [6, 6.07) is 3.06. The van der Waals surface area contributed by atoms with Crippen molar-refractivity contribution in [2.45, 2.75) is 0 Å². The Morgan fingerprint density at radius 3 is 2.76 bits per heavy atom. The van der Waals surface area contributed by atoms with E-state index in [-0.39, 0.29) is 16.5 Å². The van der Waals surface area contributed by atoms with Crippen molar-refractivity contribution in [1.29, 1.82) is 0 Å². The fourth-order valence-corrected chi connectivity index (χ4v) is 1.87. The molecule has 0 radical (unpaired) electrons. The molecule has 0 bridgehead atoms. The first-order valence-electron chi connectivity index (χ1n) is 5.65. The third kappa shape index (κ3) is 2.99. The van der Waals surface area contributed by atoms with Gasteiger partial charge in [-0.3, -0.25) is 14.8 Å². The Labute approximate surface area is 124 Å². The van der Waals surface area contributed by atoms with Crippen LogP contribution in [0.25, 0.3) is 0 Å². The van der Waals surface area contributed by atoms with E-state index >= 15 is 0 Å². The van der Waals surface area contributed by atoms with Crippen molar-refractivity contribution in [2.24, 2.45) is 11.1 Å². The van der Waals surface area contributed by atoms with Crippen molar-refractivity contribution in [3.63, 3.8) is 0 Å². The number of nitrogen functional groups attached to an aromatic ring is 1. The summed E-state index contributed by atoms with van der Waals surface area (Å²) in [5.74, 6) is 6.21. The van der Waals surface area contributed by atoms with E-state index in [9.17, 15) is 4.91 Å². The van der Waals surface area contributed by atoms with Gasteiger partial charge < -0.3 is 5.73 Å². The van der Waals surface area contributed by atoms with E-state index in [0.717, 1.165) is 5.17 Å². The maximum Gasteiger partial charge on any atom is 0.166 e. The van der Waals surface area contributed by atoms with Crippen LogP contribution in [-0.4, -0.2) is 17.1 Å². The zero-order valence-corrected chi connectivity index (χ0v) is 11.7. The monoisotopic (exact) mass is 309 g/mol. The van der Waals surface area contributed by atoms with Crippen molar-refractivity contribution < 1.29 is 4.84 Å². The number of rotatable bonds is 5. The van der Waals surface area contributed by atoms with Gasteiger partial charge in [0.05, 0.1) is 41.2 Å². The molecule has 4 N–H and O–H groups in total. The molecule has 0 amide bonds. The molecular formula is C11H12ClN7O2. The molecule has 0 aromatic carbocycles. The van der Waals surface area contributed by atoms with Gasteiger partial charge in [-0.2, -0.15) is 0 Å². The lowest BCUT2D eigenvalue weighted by Crippen LogP contribution is -2.27. The predicted molar refractivity (Wildman–Crippen MR) is 79.5 cm³/mol. The number of anilines is 4. The highest BCUT2D eigenvalue weighted by Crippen LogP contribution is 2.32. The summed E-state index contributed by atoms with van der Waals surface area (Å²) < 4.78 is 0. The van der Waals surface area contributed by atoms with Crippen molar-refractivity contribution in [3.05, 3.63) is 40.7 Å². The van der Waals surface area contributed by atoms with Gasteiger partial charge in [0.25, 0.3) is 0 Å². The molecule has 0 aliphatic heterocycles. The third-order valence-corrected chi connectivity index (χ3v) is 2.87. The fourth-order valence-electron chi connectivity index (χ4n) is 1.62. The first-order valence-corrected chi connectivity index (χ1v) is 6.03. The van der Waals surface area contributed by atoms with Gasteiger partial charge in [0.1, 0.15) is 5.69 Å². The Morgan fingerprint density at radius 1 is 1.43 bits per heavy atom. The highest BCUT2D eigenvalue weighted by molar-refractivity contribution is 6.33. The maximum absolute atomic E-state index is 10.6. The molecule has 0 aliphatic carbocycles. The Hall–Kier alpha value is -2.49. The Morgan fingerprint density at radius 2 is 2.19 bits per heavy atom. The van der Waals surface area contributed by atoms with Crippen LogP contribution >= 0.6 is 11.6 Å². The molecule has 0 fully saturated rings. The predicted octanol–water partition coefficient (Wildman–Crippen LogP) is 1.77. The number of nitrogens with two attached hydrogens (primary N) is 2. The second-order valence-corrected chi connectivity index (χ2v) is 4.25. The second-order valence-electron chi connectivity index (χ2n) is 3.84. The number of nitrogens with zero attached hydrogens (tertiary/aromatic N) is 5. The van der Waals surface area contributed by atoms with Crippen LogP contribution in [0.15, 0.2) is 36.0 Å². The molecule has 2 heterocycles. The Balaban J connectivity index is 2.37. The Bertz CT molecular complexity index is 654. The highest BCUT2D eigenvalue weighted by Gasteiger charge is 2.16. The van der Waals surface area contributed by atoms with E-state index in [0.29, 0.717) is 11.4 Å². The van der Waals surface area contributed by atoms with E-state index in [1.165, 1.54) is 36.8 Å². The molecule has 0 unspecified atom stereocenters. The topological polar surface area (TPSA) is 123 Å². The quantitative estimate of drug-likeness (QED) is 0.486. The lowest BCUT2D eigenvalue weighted by molar-refractivity contribution is 0.168. The van der Waals surface area contributed by atoms with Gasteiger partial charge in [-0.15, -0.1) is 10.1 Å². The van der Waals surface area contributed by atoms with Crippen molar-refractivity contribution in [1.82, 2.24) is 9.97 Å². The molecule has 0 aliphatic rings. The zero-order valence-electron chi connectivity index (χ0n) is 11.0. The average molecular weight is 310 g/mol. The number of aromatic nitrogens is 2. The standard InChI is InChI=1S/C11H12ClN7O2/c1-21-19(17-20)7-4-8(12)11(16-5-7)18(14)10-2-3-15-6-9(10)13/h2-6H,13-14H2,1H3. The summed E-state index contributed by atoms with van der Waals surface area (Å²) in [6.07, 6.45) is 4.33. The molecule has 2 aromatic rings. The van der Waals surface area contributed by atoms with Gasteiger partial charge in [0.2, 0.25) is 0 Å². The van der Waals surface area contributed by atoms with Crippen LogP contribution in [0.5, 0.6) is 0 Å². The molecule has 0 spiro atoms. The van der Waals surface area contributed by atoms with E-state index in [2.05, 4.69) is 15.3 Å². The summed E-state index contributed by atoms with van der Waals surface area (Å²) in [5.41, 5.74) is 6.91. The van der Waals surface area contributed by atoms with Crippen LogP contribution in [0.1, 0.15) is 0 Å². The largest absolute Gasteiger partial charge is 0.396 e. The summed E-state index contributed by atoms with van der Waals surface area (Å²) >= 11 is 6.12. The number of hydrogen-bond acceptors (Lipinski definition) is 8. The smallest absolute Gasteiger partial charge is 0.166 e. The van der Waals surface area contributed by atoms with E-state index in [1.807, 2.05) is 0 Å².